The van der Waals surface area contributed by atoms with Gasteiger partial charge in [0.2, 0.25) is 0 Å². The van der Waals surface area contributed by atoms with Crippen molar-refractivity contribution in [1.82, 2.24) is 13.5 Å². The summed E-state index contributed by atoms with van der Waals surface area (Å²) in [4.78, 5) is 13.2. The monoisotopic (exact) mass is 426 g/mol. The number of nitrogens with two attached hydrogens (primary N) is 1. The Morgan fingerprint density at radius 1 is 1.28 bits per heavy atom. The molecule has 1 heterocycles. The number of nitrogens with zero attached hydrogens (tertiary/aromatic N) is 3. The van der Waals surface area contributed by atoms with Gasteiger partial charge >= 0.3 is 6.09 Å². The molecule has 1 fully saturated rings. The van der Waals surface area contributed by atoms with Crippen LogP contribution < -0.4 is 5.73 Å². The van der Waals surface area contributed by atoms with Crippen molar-refractivity contribution in [2.24, 2.45) is 11.7 Å². The molecule has 0 saturated carbocycles. The van der Waals surface area contributed by atoms with E-state index in [4.69, 9.17) is 10.5 Å². The van der Waals surface area contributed by atoms with Crippen molar-refractivity contribution in [1.29, 1.82) is 0 Å². The minimum Gasteiger partial charge on any atom is -0.450 e. The van der Waals surface area contributed by atoms with Gasteiger partial charge in [-0.05, 0) is 18.5 Å². The van der Waals surface area contributed by atoms with E-state index in [-0.39, 0.29) is 25.4 Å². The minimum absolute atomic E-state index is 0.0484. The summed E-state index contributed by atoms with van der Waals surface area (Å²) in [5.74, 6) is 0.186. The topological polar surface area (TPSA) is 99.3 Å². The number of primary amides is 1. The molecule has 2 atom stereocenters. The highest BCUT2D eigenvalue weighted by Crippen LogP contribution is 2.27. The standard InChI is InChI=1S/C20H34N4O4S/c1-17(2)16-24(29(27)23-12-10-22(3)11-13-23)20(26,9-14-28-19(21)25)15-18-7-5-4-6-8-18/h4-8,17,26H,9-16H2,1-3H3,(H2,21,25). The summed E-state index contributed by atoms with van der Waals surface area (Å²) in [6, 6.07) is 9.56. The Balaban J connectivity index is 2.28. The second-order valence-electron chi connectivity index (χ2n) is 7.98. The van der Waals surface area contributed by atoms with Crippen molar-refractivity contribution < 1.29 is 18.8 Å². The molecular formula is C20H34N4O4S. The molecule has 29 heavy (non-hydrogen) atoms. The van der Waals surface area contributed by atoms with E-state index in [9.17, 15) is 14.1 Å². The van der Waals surface area contributed by atoms with Gasteiger partial charge in [-0.3, -0.25) is 0 Å². The lowest BCUT2D eigenvalue weighted by molar-refractivity contribution is -0.0800. The van der Waals surface area contributed by atoms with Crippen LogP contribution in [0.1, 0.15) is 25.8 Å². The minimum atomic E-state index is -1.52. The molecule has 1 aromatic rings. The van der Waals surface area contributed by atoms with Crippen molar-refractivity contribution in [3.8, 4) is 0 Å². The maximum atomic E-state index is 13.5. The van der Waals surface area contributed by atoms with Gasteiger partial charge in [0.15, 0.2) is 11.2 Å². The third-order valence-corrected chi connectivity index (χ3v) is 6.62. The fraction of sp³-hybridized carbons (Fsp3) is 0.650. The molecule has 0 bridgehead atoms. The molecule has 2 rings (SSSR count). The summed E-state index contributed by atoms with van der Waals surface area (Å²) in [5.41, 5.74) is 4.56. The second-order valence-corrected chi connectivity index (χ2v) is 9.40. The number of rotatable bonds is 10. The lowest BCUT2D eigenvalue weighted by Crippen LogP contribution is -2.58. The largest absolute Gasteiger partial charge is 0.450 e. The van der Waals surface area contributed by atoms with Gasteiger partial charge in [-0.2, -0.15) is 4.31 Å². The van der Waals surface area contributed by atoms with Crippen LogP contribution in [0.3, 0.4) is 0 Å². The molecule has 3 N–H and O–H groups in total. The van der Waals surface area contributed by atoms with E-state index in [0.29, 0.717) is 19.6 Å². The number of amides is 1. The van der Waals surface area contributed by atoms with Gasteiger partial charge in [-0.25, -0.2) is 13.3 Å². The van der Waals surface area contributed by atoms with Gasteiger partial charge in [-0.15, -0.1) is 0 Å². The van der Waals surface area contributed by atoms with Crippen molar-refractivity contribution in [2.75, 3.05) is 46.4 Å². The molecule has 9 heteroatoms. The maximum Gasteiger partial charge on any atom is 0.404 e. The number of ether oxygens (including phenoxy) is 1. The summed E-state index contributed by atoms with van der Waals surface area (Å²) in [6.45, 7) is 7.42. The summed E-state index contributed by atoms with van der Waals surface area (Å²) >= 11 is -1.52. The molecule has 8 nitrogen and oxygen atoms in total. The van der Waals surface area contributed by atoms with Crippen LogP contribution >= 0.6 is 0 Å². The Bertz CT molecular complexity index is 668. The smallest absolute Gasteiger partial charge is 0.404 e. The molecule has 1 aliphatic heterocycles. The van der Waals surface area contributed by atoms with Crippen molar-refractivity contribution in [3.63, 3.8) is 0 Å². The van der Waals surface area contributed by atoms with E-state index in [0.717, 1.165) is 18.7 Å². The summed E-state index contributed by atoms with van der Waals surface area (Å²) in [7, 11) is 2.04. The first-order valence-corrected chi connectivity index (χ1v) is 11.1. The number of carbonyl (C=O) groups excluding carboxylic acids is 1. The molecule has 1 saturated heterocycles. The number of carbonyl (C=O) groups is 1. The van der Waals surface area contributed by atoms with E-state index in [2.05, 4.69) is 4.90 Å². The Labute approximate surface area is 176 Å². The Kier molecular flexibility index (Phi) is 9.04. The first kappa shape index (κ1) is 23.8. The molecule has 0 radical (unpaired) electrons. The van der Waals surface area contributed by atoms with Crippen LogP contribution in [-0.2, 0) is 22.3 Å². The van der Waals surface area contributed by atoms with Crippen LogP contribution in [-0.4, -0.2) is 81.0 Å². The van der Waals surface area contributed by atoms with E-state index >= 15 is 0 Å². The quantitative estimate of drug-likeness (QED) is 0.548. The second kappa shape index (κ2) is 11.0. The maximum absolute atomic E-state index is 13.5. The van der Waals surface area contributed by atoms with Crippen molar-refractivity contribution in [3.05, 3.63) is 35.9 Å². The molecule has 1 amide bonds. The average molecular weight is 427 g/mol. The van der Waals surface area contributed by atoms with Gasteiger partial charge < -0.3 is 20.5 Å². The van der Waals surface area contributed by atoms with Gasteiger partial charge in [-0.1, -0.05) is 44.2 Å². The van der Waals surface area contributed by atoms with Crippen molar-refractivity contribution >= 4 is 17.3 Å². The first-order valence-electron chi connectivity index (χ1n) is 10.0. The molecule has 164 valence electrons. The third-order valence-electron chi connectivity index (χ3n) is 4.94. The molecule has 0 spiro atoms. The van der Waals surface area contributed by atoms with Crippen molar-refractivity contribution in [2.45, 2.75) is 32.4 Å². The van der Waals surface area contributed by atoms with Gasteiger partial charge in [0, 0.05) is 45.6 Å². The van der Waals surface area contributed by atoms with Crippen LogP contribution in [0.2, 0.25) is 0 Å². The summed E-state index contributed by atoms with van der Waals surface area (Å²) in [5, 5.41) is 11.7. The Hall–Kier alpha value is -1.52. The zero-order chi connectivity index (χ0) is 21.4. The SMILES string of the molecule is CC(C)CN(S(=O)N1CCN(C)CC1)C(O)(CCOC(N)=O)Cc1ccccc1. The lowest BCUT2D eigenvalue weighted by atomic mass is 9.99. The summed E-state index contributed by atoms with van der Waals surface area (Å²) < 4.78 is 22.0. The van der Waals surface area contributed by atoms with Crippen LogP contribution in [0.25, 0.3) is 0 Å². The number of hydrogen-bond donors (Lipinski definition) is 2. The highest BCUT2D eigenvalue weighted by atomic mass is 32.2. The fourth-order valence-corrected chi connectivity index (χ4v) is 4.96. The molecule has 1 aliphatic rings. The van der Waals surface area contributed by atoms with E-state index in [1.165, 1.54) is 0 Å². The molecule has 0 aromatic heterocycles. The third kappa shape index (κ3) is 7.35. The molecule has 2 unspecified atom stereocenters. The molecule has 1 aromatic carbocycles. The predicted octanol–water partition coefficient (Wildman–Crippen LogP) is 1.19. The predicted molar refractivity (Wildman–Crippen MR) is 114 cm³/mol. The van der Waals surface area contributed by atoms with Crippen LogP contribution in [0.15, 0.2) is 30.3 Å². The fourth-order valence-electron chi connectivity index (χ4n) is 3.33. The highest BCUT2D eigenvalue weighted by molar-refractivity contribution is 7.80. The Morgan fingerprint density at radius 3 is 2.45 bits per heavy atom. The first-order chi connectivity index (χ1) is 13.7. The van der Waals surface area contributed by atoms with E-state index < -0.39 is 23.0 Å². The normalized spacial score (nSPS) is 19.2. The number of aliphatic hydroxyl groups is 1. The molecular weight excluding hydrogens is 392 g/mol. The van der Waals surface area contributed by atoms with Gasteiger partial charge in [0.05, 0.1) is 6.61 Å². The molecule has 0 aliphatic carbocycles. The number of hydrogen-bond acceptors (Lipinski definition) is 5. The summed E-state index contributed by atoms with van der Waals surface area (Å²) in [6.07, 6.45) is -0.512. The zero-order valence-corrected chi connectivity index (χ0v) is 18.4. The van der Waals surface area contributed by atoms with Crippen LogP contribution in [0.5, 0.6) is 0 Å². The number of likely N-dealkylation sites (N-methyl/N-ethyl adjacent to an activating group) is 1. The number of benzene rings is 1. The Morgan fingerprint density at radius 2 is 1.90 bits per heavy atom. The van der Waals surface area contributed by atoms with E-state index in [1.807, 2.05) is 55.5 Å². The highest BCUT2D eigenvalue weighted by Gasteiger charge is 2.41. The van der Waals surface area contributed by atoms with Crippen LogP contribution in [0, 0.1) is 5.92 Å². The average Bonchev–Trinajstić information content (AvgIpc) is 2.66. The lowest BCUT2D eigenvalue weighted by Gasteiger charge is -2.43. The van der Waals surface area contributed by atoms with E-state index in [1.54, 1.807) is 4.31 Å². The van der Waals surface area contributed by atoms with Crippen LogP contribution in [0.4, 0.5) is 4.79 Å². The number of piperazine rings is 1. The zero-order valence-electron chi connectivity index (χ0n) is 17.6. The van der Waals surface area contributed by atoms with Gasteiger partial charge in [0.1, 0.15) is 5.72 Å². The van der Waals surface area contributed by atoms with Gasteiger partial charge in [0.25, 0.3) is 0 Å².